The molecule has 0 aliphatic rings. The lowest BCUT2D eigenvalue weighted by molar-refractivity contribution is -0.119. The van der Waals surface area contributed by atoms with Crippen LogP contribution in [0.5, 0.6) is 0 Å². The Morgan fingerprint density at radius 3 is 2.43 bits per heavy atom. The summed E-state index contributed by atoms with van der Waals surface area (Å²) < 4.78 is 0. The largest absolute Gasteiger partial charge is 0.272 e. The number of nitrogens with one attached hydrogen (secondary N) is 2. The Labute approximate surface area is 144 Å². The van der Waals surface area contributed by atoms with Crippen LogP contribution in [0.2, 0.25) is 5.02 Å². The van der Waals surface area contributed by atoms with Crippen molar-refractivity contribution in [2.45, 2.75) is 12.7 Å². The third-order valence-electron chi connectivity index (χ3n) is 3.06. The number of hydrogen-bond acceptors (Lipinski definition) is 3. The van der Waals surface area contributed by atoms with Gasteiger partial charge in [0.25, 0.3) is 5.91 Å². The van der Waals surface area contributed by atoms with Crippen molar-refractivity contribution in [2.75, 3.05) is 5.75 Å². The first-order chi connectivity index (χ1) is 11.1. The molecule has 0 radical (unpaired) electrons. The van der Waals surface area contributed by atoms with Crippen LogP contribution in [0, 0.1) is 6.92 Å². The molecule has 23 heavy (non-hydrogen) atoms. The molecule has 0 aromatic heterocycles. The molecule has 0 atom stereocenters. The lowest BCUT2D eigenvalue weighted by Gasteiger charge is -2.08. The molecule has 0 aliphatic carbocycles. The second-order valence-electron chi connectivity index (χ2n) is 4.96. The summed E-state index contributed by atoms with van der Waals surface area (Å²) in [6.07, 6.45) is 0. The molecule has 0 bridgehead atoms. The van der Waals surface area contributed by atoms with E-state index in [9.17, 15) is 9.59 Å². The van der Waals surface area contributed by atoms with Crippen LogP contribution in [-0.2, 0) is 10.5 Å². The molecule has 0 saturated heterocycles. The van der Waals surface area contributed by atoms with Crippen molar-refractivity contribution >= 4 is 35.2 Å². The molecule has 6 heteroatoms. The maximum Gasteiger partial charge on any atom is 0.271 e. The summed E-state index contributed by atoms with van der Waals surface area (Å²) in [5, 5.41) is 0.341. The van der Waals surface area contributed by atoms with Gasteiger partial charge in [-0.25, -0.2) is 0 Å². The number of halogens is 1. The van der Waals surface area contributed by atoms with Crippen LogP contribution in [0.4, 0.5) is 0 Å². The zero-order valence-electron chi connectivity index (χ0n) is 12.6. The molecule has 4 nitrogen and oxygen atoms in total. The number of rotatable bonds is 5. The number of amides is 2. The summed E-state index contributed by atoms with van der Waals surface area (Å²) >= 11 is 7.40. The Morgan fingerprint density at radius 2 is 1.74 bits per heavy atom. The second kappa shape index (κ2) is 8.60. The van der Waals surface area contributed by atoms with Crippen molar-refractivity contribution in [2.24, 2.45) is 0 Å². The van der Waals surface area contributed by atoms with Crippen molar-refractivity contribution in [3.63, 3.8) is 0 Å². The highest BCUT2D eigenvalue weighted by Crippen LogP contribution is 2.14. The molecular weight excluding hydrogens is 332 g/mol. The average molecular weight is 349 g/mol. The van der Waals surface area contributed by atoms with E-state index in [0.29, 0.717) is 10.6 Å². The summed E-state index contributed by atoms with van der Waals surface area (Å²) in [6, 6.07) is 14.8. The first kappa shape index (κ1) is 17.4. The first-order valence-electron chi connectivity index (χ1n) is 7.03. The van der Waals surface area contributed by atoms with Crippen LogP contribution >= 0.6 is 23.4 Å². The number of hydrazine groups is 1. The van der Waals surface area contributed by atoms with Gasteiger partial charge in [0, 0.05) is 5.75 Å². The van der Waals surface area contributed by atoms with Crippen molar-refractivity contribution < 1.29 is 9.59 Å². The van der Waals surface area contributed by atoms with Crippen LogP contribution in [0.15, 0.2) is 48.5 Å². The fourth-order valence-electron chi connectivity index (χ4n) is 1.82. The predicted octanol–water partition coefficient (Wildman–Crippen LogP) is 3.34. The highest BCUT2D eigenvalue weighted by molar-refractivity contribution is 7.99. The van der Waals surface area contributed by atoms with Gasteiger partial charge >= 0.3 is 0 Å². The molecule has 2 aromatic carbocycles. The van der Waals surface area contributed by atoms with Gasteiger partial charge in [0.1, 0.15) is 0 Å². The van der Waals surface area contributed by atoms with Crippen LogP contribution in [0.3, 0.4) is 0 Å². The number of carbonyl (C=O) groups is 2. The summed E-state index contributed by atoms with van der Waals surface area (Å²) in [5.41, 5.74) is 7.43. The number of thioether (sulfide) groups is 1. The highest BCUT2D eigenvalue weighted by atomic mass is 35.5. The third-order valence-corrected chi connectivity index (χ3v) is 4.39. The Balaban J connectivity index is 1.72. The maximum absolute atomic E-state index is 11.9. The smallest absolute Gasteiger partial charge is 0.271 e. The van der Waals surface area contributed by atoms with Crippen molar-refractivity contribution in [3.05, 3.63) is 70.2 Å². The van der Waals surface area contributed by atoms with Gasteiger partial charge < -0.3 is 0 Å². The van der Waals surface area contributed by atoms with E-state index in [1.165, 1.54) is 17.3 Å². The van der Waals surface area contributed by atoms with E-state index in [2.05, 4.69) is 10.9 Å². The molecule has 0 spiro atoms. The van der Waals surface area contributed by atoms with Crippen LogP contribution in [-0.4, -0.2) is 17.6 Å². The first-order valence-corrected chi connectivity index (χ1v) is 8.56. The topological polar surface area (TPSA) is 58.2 Å². The van der Waals surface area contributed by atoms with E-state index in [4.69, 9.17) is 11.6 Å². The minimum atomic E-state index is -0.438. The average Bonchev–Trinajstić information content (AvgIpc) is 2.55. The van der Waals surface area contributed by atoms with E-state index >= 15 is 0 Å². The van der Waals surface area contributed by atoms with Crippen molar-refractivity contribution in [1.29, 1.82) is 0 Å². The Morgan fingerprint density at radius 1 is 1.04 bits per heavy atom. The SMILES string of the molecule is Cc1ccc(CSCC(=O)NNC(=O)c2ccccc2Cl)cc1. The Kier molecular flexibility index (Phi) is 6.50. The van der Waals surface area contributed by atoms with E-state index in [1.807, 2.05) is 31.2 Å². The van der Waals surface area contributed by atoms with Crippen LogP contribution < -0.4 is 10.9 Å². The normalized spacial score (nSPS) is 10.2. The third kappa shape index (κ3) is 5.62. The van der Waals surface area contributed by atoms with Gasteiger partial charge in [-0.2, -0.15) is 0 Å². The van der Waals surface area contributed by atoms with Gasteiger partial charge in [0.05, 0.1) is 16.3 Å². The summed E-state index contributed by atoms with van der Waals surface area (Å²) in [7, 11) is 0. The van der Waals surface area contributed by atoms with Gasteiger partial charge in [-0.3, -0.25) is 20.4 Å². The maximum atomic E-state index is 11.9. The number of hydrogen-bond donors (Lipinski definition) is 2. The molecule has 0 saturated carbocycles. The zero-order chi connectivity index (χ0) is 16.7. The quantitative estimate of drug-likeness (QED) is 0.815. The van der Waals surface area contributed by atoms with Gasteiger partial charge in [-0.15, -0.1) is 11.8 Å². The molecule has 0 aliphatic heterocycles. The van der Waals surface area contributed by atoms with E-state index in [1.54, 1.807) is 24.3 Å². The van der Waals surface area contributed by atoms with Crippen LogP contribution in [0.1, 0.15) is 21.5 Å². The van der Waals surface area contributed by atoms with E-state index in [0.717, 1.165) is 11.3 Å². The molecule has 2 rings (SSSR count). The summed E-state index contributed by atoms with van der Waals surface area (Å²) in [6.45, 7) is 2.03. The molecule has 2 aromatic rings. The van der Waals surface area contributed by atoms with Crippen LogP contribution in [0.25, 0.3) is 0 Å². The molecule has 0 heterocycles. The standard InChI is InChI=1S/C17H17ClN2O2S/c1-12-6-8-13(9-7-12)10-23-11-16(21)19-20-17(22)14-4-2-3-5-15(14)18/h2-9H,10-11H2,1H3,(H,19,21)(H,20,22). The fraction of sp³-hybridized carbons (Fsp3) is 0.176. The highest BCUT2D eigenvalue weighted by Gasteiger charge is 2.10. The van der Waals surface area contributed by atoms with E-state index in [-0.39, 0.29) is 11.7 Å². The lowest BCUT2D eigenvalue weighted by atomic mass is 10.2. The minimum absolute atomic E-state index is 0.261. The molecule has 0 fully saturated rings. The Bertz CT molecular complexity index is 689. The molecule has 2 N–H and O–H groups in total. The molecular formula is C17H17ClN2O2S. The van der Waals surface area contributed by atoms with Crippen molar-refractivity contribution in [1.82, 2.24) is 10.9 Å². The van der Waals surface area contributed by atoms with Gasteiger partial charge in [0.2, 0.25) is 5.91 Å². The minimum Gasteiger partial charge on any atom is -0.272 e. The summed E-state index contributed by atoms with van der Waals surface area (Å²) in [5.74, 6) is 0.304. The molecule has 120 valence electrons. The second-order valence-corrected chi connectivity index (χ2v) is 6.35. The Hall–Kier alpha value is -1.98. The molecule has 0 unspecified atom stereocenters. The summed E-state index contributed by atoms with van der Waals surface area (Å²) in [4.78, 5) is 23.6. The van der Waals surface area contributed by atoms with Gasteiger partial charge in [0.15, 0.2) is 0 Å². The van der Waals surface area contributed by atoms with Crippen molar-refractivity contribution in [3.8, 4) is 0 Å². The lowest BCUT2D eigenvalue weighted by Crippen LogP contribution is -2.42. The number of carbonyl (C=O) groups excluding carboxylic acids is 2. The van der Waals surface area contributed by atoms with E-state index < -0.39 is 5.91 Å². The molecule has 2 amide bonds. The monoisotopic (exact) mass is 348 g/mol. The zero-order valence-corrected chi connectivity index (χ0v) is 14.2. The number of benzene rings is 2. The fourth-order valence-corrected chi connectivity index (χ4v) is 2.83. The predicted molar refractivity (Wildman–Crippen MR) is 94.4 cm³/mol. The number of aryl methyl sites for hydroxylation is 1. The van der Waals surface area contributed by atoms with Gasteiger partial charge in [-0.05, 0) is 24.6 Å². The van der Waals surface area contributed by atoms with Gasteiger partial charge in [-0.1, -0.05) is 53.6 Å².